The quantitative estimate of drug-likeness (QED) is 0.223. The largest absolute Gasteiger partial charge is 0.456 e. The molecule has 2 aromatic heterocycles. The molecule has 0 amide bonds. The second-order valence-corrected chi connectivity index (χ2v) is 10.0. The van der Waals surface area contributed by atoms with Crippen LogP contribution in [0.1, 0.15) is 0 Å². The van der Waals surface area contributed by atoms with Gasteiger partial charge in [-0.3, -0.25) is 0 Å². The maximum Gasteiger partial charge on any atom is 0.227 e. The van der Waals surface area contributed by atoms with Gasteiger partial charge in [-0.25, -0.2) is 4.98 Å². The molecule has 4 heteroatoms. The highest BCUT2D eigenvalue weighted by Gasteiger charge is 2.20. The Labute approximate surface area is 236 Å². The van der Waals surface area contributed by atoms with Crippen molar-refractivity contribution in [1.29, 1.82) is 0 Å². The molecule has 0 aliphatic rings. The molecule has 41 heavy (non-hydrogen) atoms. The molecule has 8 aromatic rings. The van der Waals surface area contributed by atoms with Gasteiger partial charge in [0.15, 0.2) is 5.58 Å². The Bertz CT molecular complexity index is 2110. The SMILES string of the molecule is c1ccc(-c2ccc(N(c3ccccc3)c3cccc4oc5cc(-c6nc7ccccc7o6)ccc5c34)cc2)cc1. The third kappa shape index (κ3) is 4.05. The molecule has 0 atom stereocenters. The number of anilines is 3. The molecule has 8 rings (SSSR count). The highest BCUT2D eigenvalue weighted by atomic mass is 16.3. The summed E-state index contributed by atoms with van der Waals surface area (Å²) < 4.78 is 12.5. The number of hydrogen-bond donors (Lipinski definition) is 0. The molecular weight excluding hydrogens is 504 g/mol. The van der Waals surface area contributed by atoms with Crippen molar-refractivity contribution in [3.8, 4) is 22.6 Å². The average Bonchev–Trinajstić information content (AvgIpc) is 3.64. The van der Waals surface area contributed by atoms with Crippen LogP contribution in [0.25, 0.3) is 55.6 Å². The fraction of sp³-hybridized carbons (Fsp3) is 0. The van der Waals surface area contributed by atoms with E-state index in [1.807, 2.05) is 48.5 Å². The third-order valence-corrected chi connectivity index (χ3v) is 7.50. The molecule has 194 valence electrons. The van der Waals surface area contributed by atoms with Crippen LogP contribution in [0, 0.1) is 0 Å². The van der Waals surface area contributed by atoms with E-state index in [4.69, 9.17) is 8.83 Å². The smallest absolute Gasteiger partial charge is 0.227 e. The minimum absolute atomic E-state index is 0.582. The first kappa shape index (κ1) is 23.3. The van der Waals surface area contributed by atoms with Gasteiger partial charge in [0.2, 0.25) is 5.89 Å². The van der Waals surface area contributed by atoms with Gasteiger partial charge in [0, 0.05) is 22.3 Å². The van der Waals surface area contributed by atoms with Crippen molar-refractivity contribution >= 4 is 50.1 Å². The summed E-state index contributed by atoms with van der Waals surface area (Å²) in [5.41, 5.74) is 9.68. The normalized spacial score (nSPS) is 11.4. The second kappa shape index (κ2) is 9.54. The van der Waals surface area contributed by atoms with Gasteiger partial charge in [-0.1, -0.05) is 78.9 Å². The predicted octanol–water partition coefficient (Wildman–Crippen LogP) is 10.5. The van der Waals surface area contributed by atoms with Gasteiger partial charge in [0.1, 0.15) is 16.7 Å². The molecule has 0 radical (unpaired) electrons. The van der Waals surface area contributed by atoms with Crippen LogP contribution in [-0.4, -0.2) is 4.98 Å². The van der Waals surface area contributed by atoms with E-state index in [1.165, 1.54) is 11.1 Å². The Balaban J connectivity index is 1.28. The Morgan fingerprint density at radius 1 is 0.463 bits per heavy atom. The number of nitrogens with zero attached hydrogens (tertiary/aromatic N) is 2. The van der Waals surface area contributed by atoms with Crippen LogP contribution in [0.4, 0.5) is 17.1 Å². The number of benzene rings is 6. The Morgan fingerprint density at radius 3 is 1.93 bits per heavy atom. The average molecular weight is 529 g/mol. The van der Waals surface area contributed by atoms with Crippen LogP contribution in [0.3, 0.4) is 0 Å². The molecule has 0 aliphatic heterocycles. The van der Waals surface area contributed by atoms with Gasteiger partial charge in [-0.15, -0.1) is 0 Å². The van der Waals surface area contributed by atoms with E-state index in [-0.39, 0.29) is 0 Å². The van der Waals surface area contributed by atoms with E-state index >= 15 is 0 Å². The van der Waals surface area contributed by atoms with Gasteiger partial charge >= 0.3 is 0 Å². The number of para-hydroxylation sites is 3. The number of hydrogen-bond acceptors (Lipinski definition) is 4. The molecule has 4 nitrogen and oxygen atoms in total. The lowest BCUT2D eigenvalue weighted by Crippen LogP contribution is -2.10. The summed E-state index contributed by atoms with van der Waals surface area (Å²) in [6.45, 7) is 0. The number of oxazole rings is 1. The molecule has 0 bridgehead atoms. The van der Waals surface area contributed by atoms with Gasteiger partial charge in [0.05, 0.1) is 11.1 Å². The summed E-state index contributed by atoms with van der Waals surface area (Å²) in [7, 11) is 0. The Kier molecular flexibility index (Phi) is 5.42. The van der Waals surface area contributed by atoms with Crippen LogP contribution in [0.15, 0.2) is 154 Å². The van der Waals surface area contributed by atoms with Gasteiger partial charge < -0.3 is 13.7 Å². The summed E-state index contributed by atoms with van der Waals surface area (Å²) in [4.78, 5) is 6.97. The number of aromatic nitrogens is 1. The zero-order valence-electron chi connectivity index (χ0n) is 22.1. The van der Waals surface area contributed by atoms with Crippen molar-refractivity contribution in [3.63, 3.8) is 0 Å². The monoisotopic (exact) mass is 528 g/mol. The lowest BCUT2D eigenvalue weighted by Gasteiger charge is -2.26. The highest BCUT2D eigenvalue weighted by molar-refractivity contribution is 6.13. The van der Waals surface area contributed by atoms with E-state index in [0.717, 1.165) is 55.7 Å². The molecule has 0 unspecified atom stereocenters. The first-order valence-corrected chi connectivity index (χ1v) is 13.6. The van der Waals surface area contributed by atoms with Crippen LogP contribution in [0.5, 0.6) is 0 Å². The summed E-state index contributed by atoms with van der Waals surface area (Å²) in [6.07, 6.45) is 0. The van der Waals surface area contributed by atoms with Crippen molar-refractivity contribution in [2.75, 3.05) is 4.90 Å². The van der Waals surface area contributed by atoms with Crippen LogP contribution < -0.4 is 4.90 Å². The fourth-order valence-corrected chi connectivity index (χ4v) is 5.56. The lowest BCUT2D eigenvalue weighted by atomic mass is 10.0. The summed E-state index contributed by atoms with van der Waals surface area (Å²) in [5.74, 6) is 0.582. The van der Waals surface area contributed by atoms with Crippen molar-refractivity contribution < 1.29 is 8.83 Å². The lowest BCUT2D eigenvalue weighted by molar-refractivity contribution is 0.619. The van der Waals surface area contributed by atoms with Crippen molar-refractivity contribution in [3.05, 3.63) is 146 Å². The molecule has 0 spiro atoms. The fourth-order valence-electron chi connectivity index (χ4n) is 5.56. The number of fused-ring (bicyclic) bond motifs is 4. The maximum absolute atomic E-state index is 6.43. The Hall–Kier alpha value is -5.61. The number of furan rings is 1. The highest BCUT2D eigenvalue weighted by Crippen LogP contribution is 2.43. The molecule has 0 fully saturated rings. The molecule has 0 N–H and O–H groups in total. The summed E-state index contributed by atoms with van der Waals surface area (Å²) >= 11 is 0. The summed E-state index contributed by atoms with van der Waals surface area (Å²) in [5, 5.41) is 2.10. The molecule has 0 aliphatic carbocycles. The molecule has 6 aromatic carbocycles. The van der Waals surface area contributed by atoms with E-state index in [1.54, 1.807) is 0 Å². The Morgan fingerprint density at radius 2 is 1.12 bits per heavy atom. The number of rotatable bonds is 5. The molecular formula is C37H24N2O2. The van der Waals surface area contributed by atoms with E-state index in [2.05, 4.69) is 107 Å². The van der Waals surface area contributed by atoms with Crippen molar-refractivity contribution in [1.82, 2.24) is 4.98 Å². The first-order chi connectivity index (χ1) is 20.3. The third-order valence-electron chi connectivity index (χ3n) is 7.50. The molecule has 0 saturated carbocycles. The van der Waals surface area contributed by atoms with E-state index < -0.39 is 0 Å². The van der Waals surface area contributed by atoms with Crippen LogP contribution in [0.2, 0.25) is 0 Å². The van der Waals surface area contributed by atoms with Crippen LogP contribution in [-0.2, 0) is 0 Å². The molecule has 0 saturated heterocycles. The predicted molar refractivity (Wildman–Crippen MR) is 167 cm³/mol. The zero-order chi connectivity index (χ0) is 27.2. The first-order valence-electron chi connectivity index (χ1n) is 13.6. The van der Waals surface area contributed by atoms with Crippen LogP contribution >= 0.6 is 0 Å². The van der Waals surface area contributed by atoms with Crippen molar-refractivity contribution in [2.24, 2.45) is 0 Å². The maximum atomic E-state index is 6.43. The standard InChI is InChI=1S/C37H24N2O2/c1-3-10-25(11-4-1)26-18-21-29(22-19-26)39(28-12-5-2-6-13-28)32-15-9-17-34-36(32)30-23-20-27(24-35(30)40-34)37-38-31-14-7-8-16-33(31)41-37/h1-24H. The van der Waals surface area contributed by atoms with Gasteiger partial charge in [0.25, 0.3) is 0 Å². The molecule has 2 heterocycles. The van der Waals surface area contributed by atoms with Gasteiger partial charge in [-0.2, -0.15) is 0 Å². The summed E-state index contributed by atoms with van der Waals surface area (Å²) in [6, 6.07) is 49.9. The van der Waals surface area contributed by atoms with E-state index in [9.17, 15) is 0 Å². The zero-order valence-corrected chi connectivity index (χ0v) is 22.1. The second-order valence-electron chi connectivity index (χ2n) is 10.0. The van der Waals surface area contributed by atoms with Gasteiger partial charge in [-0.05, 0) is 77.9 Å². The van der Waals surface area contributed by atoms with Crippen molar-refractivity contribution in [2.45, 2.75) is 0 Å². The van der Waals surface area contributed by atoms with E-state index in [0.29, 0.717) is 5.89 Å². The topological polar surface area (TPSA) is 42.4 Å². The minimum Gasteiger partial charge on any atom is -0.456 e. The minimum atomic E-state index is 0.582.